The highest BCUT2D eigenvalue weighted by Gasteiger charge is 2.25. The lowest BCUT2D eigenvalue weighted by Gasteiger charge is -2.34. The van der Waals surface area contributed by atoms with Gasteiger partial charge >= 0.3 is 0 Å². The lowest BCUT2D eigenvalue weighted by atomic mass is 10.1. The van der Waals surface area contributed by atoms with E-state index in [0.717, 1.165) is 53.2 Å². The van der Waals surface area contributed by atoms with Crippen LogP contribution in [0.5, 0.6) is 0 Å². The minimum absolute atomic E-state index is 0.200. The van der Waals surface area contributed by atoms with Crippen LogP contribution in [0.15, 0.2) is 30.7 Å². The lowest BCUT2D eigenvalue weighted by molar-refractivity contribution is 0.0488. The van der Waals surface area contributed by atoms with Crippen LogP contribution in [0.3, 0.4) is 0 Å². The molecule has 28 heavy (non-hydrogen) atoms. The summed E-state index contributed by atoms with van der Waals surface area (Å²) in [4.78, 5) is 2.32. The molecule has 7 nitrogen and oxygen atoms in total. The Kier molecular flexibility index (Phi) is 4.74. The SMILES string of the molecule is NCCO[C@@H]1CCCN(c2cc3c(cnn3-c3cnn(C4CC4)c3)cc2Cl)C1. The van der Waals surface area contributed by atoms with Crippen LogP contribution in [0.2, 0.25) is 5.02 Å². The molecule has 2 fully saturated rings. The van der Waals surface area contributed by atoms with Gasteiger partial charge in [0.2, 0.25) is 0 Å². The molecule has 1 saturated heterocycles. The van der Waals surface area contributed by atoms with Crippen LogP contribution in [0.25, 0.3) is 16.6 Å². The van der Waals surface area contributed by atoms with Crippen molar-refractivity contribution < 1.29 is 4.74 Å². The highest BCUT2D eigenvalue weighted by molar-refractivity contribution is 6.34. The first-order valence-electron chi connectivity index (χ1n) is 10.0. The maximum atomic E-state index is 6.64. The van der Waals surface area contributed by atoms with Gasteiger partial charge in [-0.25, -0.2) is 4.68 Å². The molecule has 0 unspecified atom stereocenters. The number of rotatable bonds is 6. The molecular formula is C20H25ClN6O. The molecule has 3 aromatic rings. The van der Waals surface area contributed by atoms with E-state index in [2.05, 4.69) is 27.4 Å². The number of aromatic nitrogens is 4. The number of piperidine rings is 1. The molecule has 148 valence electrons. The van der Waals surface area contributed by atoms with E-state index >= 15 is 0 Å². The smallest absolute Gasteiger partial charge is 0.103 e. The Bertz CT molecular complexity index is 978. The number of hydrogen-bond acceptors (Lipinski definition) is 5. The van der Waals surface area contributed by atoms with Crippen LogP contribution < -0.4 is 10.6 Å². The quantitative estimate of drug-likeness (QED) is 0.688. The van der Waals surface area contributed by atoms with Gasteiger partial charge in [0.05, 0.1) is 53.6 Å². The summed E-state index contributed by atoms with van der Waals surface area (Å²) in [5, 5.41) is 10.9. The fraction of sp³-hybridized carbons (Fsp3) is 0.500. The minimum atomic E-state index is 0.200. The Morgan fingerprint density at radius 3 is 2.89 bits per heavy atom. The second kappa shape index (κ2) is 7.39. The number of halogens is 1. The third kappa shape index (κ3) is 3.38. The summed E-state index contributed by atoms with van der Waals surface area (Å²) in [6, 6.07) is 4.70. The summed E-state index contributed by atoms with van der Waals surface area (Å²) in [5.41, 5.74) is 8.65. The van der Waals surface area contributed by atoms with E-state index in [-0.39, 0.29) is 6.10 Å². The van der Waals surface area contributed by atoms with Gasteiger partial charge in [-0.15, -0.1) is 0 Å². The molecule has 3 heterocycles. The Balaban J connectivity index is 1.46. The van der Waals surface area contributed by atoms with Gasteiger partial charge in [0.1, 0.15) is 5.69 Å². The molecule has 0 spiro atoms. The molecule has 2 aromatic heterocycles. The van der Waals surface area contributed by atoms with E-state index < -0.39 is 0 Å². The number of nitrogens with two attached hydrogens (primary N) is 1. The molecule has 1 aliphatic heterocycles. The summed E-state index contributed by atoms with van der Waals surface area (Å²) in [6.07, 6.45) is 10.6. The number of benzene rings is 1. The maximum Gasteiger partial charge on any atom is 0.103 e. The summed E-state index contributed by atoms with van der Waals surface area (Å²) in [6.45, 7) is 2.96. The van der Waals surface area contributed by atoms with Gasteiger partial charge in [0.25, 0.3) is 0 Å². The van der Waals surface area contributed by atoms with Crippen LogP contribution in [-0.2, 0) is 4.74 Å². The molecule has 0 radical (unpaired) electrons. The van der Waals surface area contributed by atoms with Crippen molar-refractivity contribution in [2.75, 3.05) is 31.1 Å². The molecule has 1 saturated carbocycles. The second-order valence-electron chi connectivity index (χ2n) is 7.70. The van der Waals surface area contributed by atoms with E-state index in [4.69, 9.17) is 22.1 Å². The van der Waals surface area contributed by atoms with Crippen molar-refractivity contribution in [1.29, 1.82) is 0 Å². The van der Waals surface area contributed by atoms with Gasteiger partial charge < -0.3 is 15.4 Å². The third-order valence-electron chi connectivity index (χ3n) is 5.58. The first kappa shape index (κ1) is 18.0. The predicted molar refractivity (Wildman–Crippen MR) is 110 cm³/mol. The number of fused-ring (bicyclic) bond motifs is 1. The molecule has 2 N–H and O–H groups in total. The lowest BCUT2D eigenvalue weighted by Crippen LogP contribution is -2.40. The van der Waals surface area contributed by atoms with Crippen molar-refractivity contribution in [3.63, 3.8) is 0 Å². The number of ether oxygens (including phenoxy) is 1. The highest BCUT2D eigenvalue weighted by Crippen LogP contribution is 2.36. The largest absolute Gasteiger partial charge is 0.375 e. The van der Waals surface area contributed by atoms with Crippen LogP contribution in [0, 0.1) is 0 Å². The van der Waals surface area contributed by atoms with Crippen molar-refractivity contribution in [2.24, 2.45) is 5.73 Å². The zero-order valence-corrected chi connectivity index (χ0v) is 16.6. The Labute approximate surface area is 169 Å². The standard InChI is InChI=1S/C20H25ClN6O/c21-18-8-14-10-24-27(16-11-23-26(12-16)15-3-4-15)19(14)9-20(18)25-6-1-2-17(13-25)28-7-5-22/h8-12,15,17H,1-7,13,22H2/t17-/m1/s1. The van der Waals surface area contributed by atoms with Gasteiger partial charge in [-0.05, 0) is 37.8 Å². The van der Waals surface area contributed by atoms with E-state index in [0.29, 0.717) is 19.2 Å². The van der Waals surface area contributed by atoms with Gasteiger partial charge in [-0.2, -0.15) is 10.2 Å². The molecule has 2 aliphatic rings. The monoisotopic (exact) mass is 400 g/mol. The molecule has 1 aliphatic carbocycles. The molecule has 1 atom stereocenters. The van der Waals surface area contributed by atoms with E-state index in [1.807, 2.05) is 27.8 Å². The van der Waals surface area contributed by atoms with Crippen molar-refractivity contribution in [3.8, 4) is 5.69 Å². The molecule has 0 amide bonds. The topological polar surface area (TPSA) is 74.1 Å². The first-order valence-corrected chi connectivity index (χ1v) is 10.4. The zero-order valence-electron chi connectivity index (χ0n) is 15.8. The zero-order chi connectivity index (χ0) is 19.1. The van der Waals surface area contributed by atoms with Gasteiger partial charge in [-0.1, -0.05) is 11.6 Å². The summed E-state index contributed by atoms with van der Waals surface area (Å²) >= 11 is 6.64. The van der Waals surface area contributed by atoms with Crippen molar-refractivity contribution >= 4 is 28.2 Å². The van der Waals surface area contributed by atoms with Crippen molar-refractivity contribution in [3.05, 3.63) is 35.7 Å². The second-order valence-corrected chi connectivity index (χ2v) is 8.11. The van der Waals surface area contributed by atoms with Gasteiger partial charge in [0, 0.05) is 25.0 Å². The van der Waals surface area contributed by atoms with Crippen LogP contribution in [0.1, 0.15) is 31.7 Å². The molecule has 0 bridgehead atoms. The number of nitrogens with zero attached hydrogens (tertiary/aromatic N) is 5. The van der Waals surface area contributed by atoms with Gasteiger partial charge in [0.15, 0.2) is 0 Å². The van der Waals surface area contributed by atoms with Crippen molar-refractivity contribution in [2.45, 2.75) is 37.8 Å². The molecule has 1 aromatic carbocycles. The Morgan fingerprint density at radius 2 is 2.07 bits per heavy atom. The fourth-order valence-electron chi connectivity index (χ4n) is 3.99. The Morgan fingerprint density at radius 1 is 1.18 bits per heavy atom. The van der Waals surface area contributed by atoms with E-state index in [1.165, 1.54) is 12.8 Å². The molecule has 5 rings (SSSR count). The normalized spacial score (nSPS) is 20.2. The number of hydrogen-bond donors (Lipinski definition) is 1. The predicted octanol–water partition coefficient (Wildman–Crippen LogP) is 3.15. The highest BCUT2D eigenvalue weighted by atomic mass is 35.5. The average molecular weight is 401 g/mol. The van der Waals surface area contributed by atoms with Gasteiger partial charge in [-0.3, -0.25) is 4.68 Å². The fourth-order valence-corrected chi connectivity index (χ4v) is 4.28. The maximum absolute atomic E-state index is 6.64. The van der Waals surface area contributed by atoms with Crippen LogP contribution in [-0.4, -0.2) is 51.9 Å². The van der Waals surface area contributed by atoms with Crippen LogP contribution >= 0.6 is 11.6 Å². The summed E-state index contributed by atoms with van der Waals surface area (Å²) in [7, 11) is 0. The van der Waals surface area contributed by atoms with E-state index in [9.17, 15) is 0 Å². The Hall–Kier alpha value is -2.09. The number of anilines is 1. The average Bonchev–Trinajstić information content (AvgIpc) is 3.30. The third-order valence-corrected chi connectivity index (χ3v) is 5.88. The first-order chi connectivity index (χ1) is 13.7. The molecule has 8 heteroatoms. The molecular weight excluding hydrogens is 376 g/mol. The summed E-state index contributed by atoms with van der Waals surface area (Å²) < 4.78 is 9.88. The van der Waals surface area contributed by atoms with Crippen molar-refractivity contribution in [1.82, 2.24) is 19.6 Å². The van der Waals surface area contributed by atoms with Crippen LogP contribution in [0.4, 0.5) is 5.69 Å². The van der Waals surface area contributed by atoms with E-state index in [1.54, 1.807) is 0 Å². The summed E-state index contributed by atoms with van der Waals surface area (Å²) in [5.74, 6) is 0. The minimum Gasteiger partial charge on any atom is -0.375 e.